The first-order valence-electron chi connectivity index (χ1n) is 4.05. The van der Waals surface area contributed by atoms with Gasteiger partial charge in [0.15, 0.2) is 0 Å². The van der Waals surface area contributed by atoms with E-state index in [0.29, 0.717) is 4.31 Å². The lowest BCUT2D eigenvalue weighted by molar-refractivity contribution is -0.0494. The Labute approximate surface area is 80.1 Å². The molecule has 1 atom stereocenters. The minimum Gasteiger partial charge on any atom is -0.312 e. The first-order chi connectivity index (χ1) is 6.25. The minimum atomic E-state index is -5.19. The van der Waals surface area contributed by atoms with Crippen LogP contribution in [0, 0.1) is 0 Å². The van der Waals surface area contributed by atoms with Crippen molar-refractivity contribution in [2.24, 2.45) is 0 Å². The van der Waals surface area contributed by atoms with E-state index in [9.17, 15) is 21.6 Å². The third-order valence-corrected chi connectivity index (χ3v) is 3.56. The van der Waals surface area contributed by atoms with Gasteiger partial charge in [-0.05, 0) is 6.92 Å². The van der Waals surface area contributed by atoms with Crippen LogP contribution in [0.25, 0.3) is 0 Å². The molecule has 1 aliphatic rings. The largest absolute Gasteiger partial charge is 0.511 e. The van der Waals surface area contributed by atoms with Gasteiger partial charge in [0.25, 0.3) is 0 Å². The molecule has 0 radical (unpaired) electrons. The summed E-state index contributed by atoms with van der Waals surface area (Å²) in [4.78, 5) is 0. The lowest BCUT2D eigenvalue weighted by Gasteiger charge is -2.31. The Morgan fingerprint density at radius 1 is 1.43 bits per heavy atom. The van der Waals surface area contributed by atoms with Crippen molar-refractivity contribution in [3.8, 4) is 0 Å². The van der Waals surface area contributed by atoms with Crippen molar-refractivity contribution >= 4 is 10.0 Å². The summed E-state index contributed by atoms with van der Waals surface area (Å²) in [5, 5.41) is 2.86. The summed E-state index contributed by atoms with van der Waals surface area (Å²) < 4.78 is 58.6. The number of rotatable bonds is 1. The van der Waals surface area contributed by atoms with Crippen LogP contribution in [-0.2, 0) is 10.0 Å². The predicted octanol–water partition coefficient (Wildman–Crippen LogP) is 0.130. The van der Waals surface area contributed by atoms with Gasteiger partial charge in [-0.2, -0.15) is 17.5 Å². The molecule has 0 aromatic rings. The molecule has 1 fully saturated rings. The van der Waals surface area contributed by atoms with Gasteiger partial charge in [-0.15, -0.1) is 0 Å². The van der Waals surface area contributed by atoms with E-state index in [2.05, 4.69) is 5.32 Å². The number of nitrogens with zero attached hydrogens (tertiary/aromatic N) is 1. The molecular formula is C6H11F3N2O2S. The van der Waals surface area contributed by atoms with E-state index in [1.807, 2.05) is 0 Å². The van der Waals surface area contributed by atoms with Crippen molar-refractivity contribution in [2.75, 3.05) is 19.6 Å². The van der Waals surface area contributed by atoms with Crippen molar-refractivity contribution in [2.45, 2.75) is 18.5 Å². The van der Waals surface area contributed by atoms with Crippen LogP contribution in [0.5, 0.6) is 0 Å². The van der Waals surface area contributed by atoms with Crippen molar-refractivity contribution < 1.29 is 21.6 Å². The zero-order valence-corrected chi connectivity index (χ0v) is 8.32. The van der Waals surface area contributed by atoms with Gasteiger partial charge < -0.3 is 5.32 Å². The summed E-state index contributed by atoms with van der Waals surface area (Å²) >= 11 is 0. The molecule has 0 bridgehead atoms. The summed E-state index contributed by atoms with van der Waals surface area (Å²) in [5.41, 5.74) is -5.19. The fraction of sp³-hybridized carbons (Fsp3) is 1.00. The van der Waals surface area contributed by atoms with E-state index in [-0.39, 0.29) is 25.7 Å². The van der Waals surface area contributed by atoms with E-state index in [1.165, 1.54) is 0 Å². The fourth-order valence-electron chi connectivity index (χ4n) is 1.26. The molecular weight excluding hydrogens is 221 g/mol. The molecule has 0 aromatic carbocycles. The third-order valence-electron chi connectivity index (χ3n) is 1.96. The first-order valence-corrected chi connectivity index (χ1v) is 5.49. The van der Waals surface area contributed by atoms with Crippen molar-refractivity contribution in [1.29, 1.82) is 0 Å². The van der Waals surface area contributed by atoms with Gasteiger partial charge in [0.1, 0.15) is 0 Å². The Bertz CT molecular complexity index is 301. The zero-order valence-electron chi connectivity index (χ0n) is 7.50. The average molecular weight is 232 g/mol. The van der Waals surface area contributed by atoms with Gasteiger partial charge in [-0.1, -0.05) is 0 Å². The molecule has 14 heavy (non-hydrogen) atoms. The maximum absolute atomic E-state index is 12.1. The molecule has 1 saturated heterocycles. The number of halogens is 3. The molecule has 0 unspecified atom stereocenters. The number of nitrogens with one attached hydrogen (secondary N) is 1. The van der Waals surface area contributed by atoms with Crippen LogP contribution in [0.3, 0.4) is 0 Å². The fourth-order valence-corrected chi connectivity index (χ4v) is 2.31. The summed E-state index contributed by atoms with van der Waals surface area (Å²) in [5.74, 6) is 0. The molecule has 0 amide bonds. The minimum absolute atomic E-state index is 0.133. The number of piperazine rings is 1. The molecule has 0 aliphatic carbocycles. The highest BCUT2D eigenvalue weighted by Gasteiger charge is 2.50. The lowest BCUT2D eigenvalue weighted by Crippen LogP contribution is -2.54. The summed E-state index contributed by atoms with van der Waals surface area (Å²) in [6.07, 6.45) is 0. The molecule has 1 heterocycles. The monoisotopic (exact) mass is 232 g/mol. The van der Waals surface area contributed by atoms with Gasteiger partial charge in [-0.3, -0.25) is 0 Å². The van der Waals surface area contributed by atoms with Crippen LogP contribution in [0.4, 0.5) is 13.2 Å². The van der Waals surface area contributed by atoms with Gasteiger partial charge in [-0.25, -0.2) is 8.42 Å². The second-order valence-electron chi connectivity index (χ2n) is 3.16. The standard InChI is InChI=1S/C6H11F3N2O2S/c1-5-4-11(3-2-10-5)14(12,13)6(7,8)9/h5,10H,2-4H2,1H3/t5-/m0/s1. The van der Waals surface area contributed by atoms with E-state index >= 15 is 0 Å². The first kappa shape index (κ1) is 11.7. The Morgan fingerprint density at radius 2 is 2.00 bits per heavy atom. The van der Waals surface area contributed by atoms with Crippen LogP contribution in [0.1, 0.15) is 6.92 Å². The lowest BCUT2D eigenvalue weighted by atomic mass is 10.3. The van der Waals surface area contributed by atoms with Crippen molar-refractivity contribution in [1.82, 2.24) is 9.62 Å². The van der Waals surface area contributed by atoms with Gasteiger partial charge in [0.05, 0.1) is 0 Å². The van der Waals surface area contributed by atoms with Gasteiger partial charge in [0, 0.05) is 25.7 Å². The second kappa shape index (κ2) is 3.67. The molecule has 84 valence electrons. The average Bonchev–Trinajstić information content (AvgIpc) is 2.02. The SMILES string of the molecule is C[C@H]1CN(S(=O)(=O)C(F)(F)F)CCN1. The number of hydrogen-bond acceptors (Lipinski definition) is 3. The summed E-state index contributed by atoms with van der Waals surface area (Å²) in [7, 11) is -5.14. The van der Waals surface area contributed by atoms with Crippen molar-refractivity contribution in [3.63, 3.8) is 0 Å². The highest BCUT2D eigenvalue weighted by atomic mass is 32.2. The third kappa shape index (κ3) is 2.18. The smallest absolute Gasteiger partial charge is 0.312 e. The predicted molar refractivity (Wildman–Crippen MR) is 44.0 cm³/mol. The van der Waals surface area contributed by atoms with Crippen LogP contribution in [-0.4, -0.2) is 43.9 Å². The van der Waals surface area contributed by atoms with Crippen LogP contribution in [0.2, 0.25) is 0 Å². The van der Waals surface area contributed by atoms with Crippen molar-refractivity contribution in [3.05, 3.63) is 0 Å². The molecule has 0 aromatic heterocycles. The Kier molecular flexibility index (Phi) is 3.07. The quantitative estimate of drug-likeness (QED) is 0.699. The normalized spacial score (nSPS) is 26.4. The molecule has 0 saturated carbocycles. The van der Waals surface area contributed by atoms with Gasteiger partial charge in [0.2, 0.25) is 0 Å². The van der Waals surface area contributed by atoms with Gasteiger partial charge >= 0.3 is 15.5 Å². The maximum atomic E-state index is 12.1. The topological polar surface area (TPSA) is 49.4 Å². The summed E-state index contributed by atoms with van der Waals surface area (Å²) in [6.45, 7) is 1.61. The van der Waals surface area contributed by atoms with Crippen LogP contribution >= 0.6 is 0 Å². The summed E-state index contributed by atoms with van der Waals surface area (Å²) in [6, 6.07) is -0.249. The number of hydrogen-bond donors (Lipinski definition) is 1. The van der Waals surface area contributed by atoms with Crippen LogP contribution in [0.15, 0.2) is 0 Å². The Balaban J connectivity index is 2.83. The highest BCUT2D eigenvalue weighted by Crippen LogP contribution is 2.27. The highest BCUT2D eigenvalue weighted by molar-refractivity contribution is 7.90. The Morgan fingerprint density at radius 3 is 2.43 bits per heavy atom. The zero-order chi connectivity index (χ0) is 11.0. The van der Waals surface area contributed by atoms with Crippen LogP contribution < -0.4 is 5.32 Å². The molecule has 1 aliphatic heterocycles. The molecule has 1 N–H and O–H groups in total. The Hall–Kier alpha value is -0.340. The molecule has 4 nitrogen and oxygen atoms in total. The second-order valence-corrected chi connectivity index (χ2v) is 5.09. The van der Waals surface area contributed by atoms with E-state index in [1.54, 1.807) is 6.92 Å². The number of alkyl halides is 3. The molecule has 1 rings (SSSR count). The molecule has 8 heteroatoms. The van der Waals surface area contributed by atoms with E-state index in [0.717, 1.165) is 0 Å². The maximum Gasteiger partial charge on any atom is 0.511 e. The molecule has 0 spiro atoms. The van der Waals surface area contributed by atoms with E-state index in [4.69, 9.17) is 0 Å². The van der Waals surface area contributed by atoms with E-state index < -0.39 is 15.5 Å². The number of sulfonamides is 1.